The molecule has 1 unspecified atom stereocenters. The monoisotopic (exact) mass is 340 g/mol. The van der Waals surface area contributed by atoms with Crippen molar-refractivity contribution in [1.82, 2.24) is 5.32 Å². The summed E-state index contributed by atoms with van der Waals surface area (Å²) in [6.45, 7) is 3.07. The van der Waals surface area contributed by atoms with Crippen LogP contribution in [0.2, 0.25) is 0 Å². The van der Waals surface area contributed by atoms with Crippen molar-refractivity contribution >= 4 is 21.9 Å². The van der Waals surface area contributed by atoms with Crippen LogP contribution in [-0.4, -0.2) is 25.7 Å². The summed E-state index contributed by atoms with van der Waals surface area (Å²) >= 11 is 3.44. The van der Waals surface area contributed by atoms with Crippen molar-refractivity contribution in [3.63, 3.8) is 0 Å². The smallest absolute Gasteiger partial charge is 0.327 e. The molecule has 0 fully saturated rings. The SMILES string of the molecule is CCOC(=O)C(NCCCN=[N+]=[N-])c1ccccc1Br. The molecule has 0 aliphatic rings. The standard InChI is InChI=1S/C13H17BrN4O2/c1-2-20-13(19)12(16-8-5-9-17-18-15)10-6-3-4-7-11(10)14/h3-4,6-7,12,16H,2,5,8-9H2,1H3. The minimum absolute atomic E-state index is 0.316. The second kappa shape index (κ2) is 9.36. The molecule has 0 heterocycles. The first-order valence-corrected chi connectivity index (χ1v) is 7.15. The number of benzene rings is 1. The fourth-order valence-electron chi connectivity index (χ4n) is 1.70. The molecule has 1 N–H and O–H groups in total. The van der Waals surface area contributed by atoms with Gasteiger partial charge in [-0.15, -0.1) is 0 Å². The molecule has 0 aliphatic carbocycles. The summed E-state index contributed by atoms with van der Waals surface area (Å²) in [5.74, 6) is -0.316. The Bertz CT molecular complexity index is 489. The van der Waals surface area contributed by atoms with Crippen LogP contribution in [-0.2, 0) is 9.53 Å². The maximum Gasteiger partial charge on any atom is 0.327 e. The van der Waals surface area contributed by atoms with Crippen LogP contribution in [0.5, 0.6) is 0 Å². The highest BCUT2D eigenvalue weighted by atomic mass is 79.9. The normalized spacial score (nSPS) is 11.5. The van der Waals surface area contributed by atoms with Crippen LogP contribution in [0.3, 0.4) is 0 Å². The van der Waals surface area contributed by atoms with Crippen molar-refractivity contribution in [1.29, 1.82) is 0 Å². The van der Waals surface area contributed by atoms with E-state index in [0.29, 0.717) is 26.1 Å². The highest BCUT2D eigenvalue weighted by Crippen LogP contribution is 2.24. The summed E-state index contributed by atoms with van der Waals surface area (Å²) < 4.78 is 5.94. The fourth-order valence-corrected chi connectivity index (χ4v) is 2.21. The summed E-state index contributed by atoms with van der Waals surface area (Å²) in [5.41, 5.74) is 9.03. The van der Waals surface area contributed by atoms with Gasteiger partial charge in [0.2, 0.25) is 0 Å². The molecule has 20 heavy (non-hydrogen) atoms. The maximum atomic E-state index is 12.0. The maximum absolute atomic E-state index is 12.0. The first-order valence-electron chi connectivity index (χ1n) is 6.36. The van der Waals surface area contributed by atoms with Gasteiger partial charge in [0, 0.05) is 15.9 Å². The lowest BCUT2D eigenvalue weighted by Crippen LogP contribution is -2.31. The van der Waals surface area contributed by atoms with Crippen molar-refractivity contribution < 1.29 is 9.53 Å². The van der Waals surface area contributed by atoms with Gasteiger partial charge in [0.05, 0.1) is 6.61 Å². The van der Waals surface area contributed by atoms with Crippen molar-refractivity contribution in [2.24, 2.45) is 5.11 Å². The number of hydrogen-bond donors (Lipinski definition) is 1. The zero-order valence-electron chi connectivity index (χ0n) is 11.3. The van der Waals surface area contributed by atoms with Crippen LogP contribution in [0.4, 0.5) is 0 Å². The van der Waals surface area contributed by atoms with Crippen LogP contribution < -0.4 is 5.32 Å². The lowest BCUT2D eigenvalue weighted by atomic mass is 10.1. The number of carbonyl (C=O) groups excluding carboxylic acids is 1. The number of hydrogen-bond acceptors (Lipinski definition) is 4. The molecule has 0 saturated carbocycles. The molecule has 6 nitrogen and oxygen atoms in total. The summed E-state index contributed by atoms with van der Waals surface area (Å²) in [6, 6.07) is 6.97. The van der Waals surface area contributed by atoms with Gasteiger partial charge < -0.3 is 10.1 Å². The predicted octanol–water partition coefficient (Wildman–Crippen LogP) is 3.34. The number of nitrogens with one attached hydrogen (secondary N) is 1. The Morgan fingerprint density at radius 3 is 2.95 bits per heavy atom. The van der Waals surface area contributed by atoms with E-state index in [4.69, 9.17) is 10.3 Å². The summed E-state index contributed by atoms with van der Waals surface area (Å²) in [4.78, 5) is 14.7. The van der Waals surface area contributed by atoms with E-state index in [0.717, 1.165) is 10.0 Å². The molecular weight excluding hydrogens is 324 g/mol. The van der Waals surface area contributed by atoms with Gasteiger partial charge in [0.15, 0.2) is 0 Å². The Labute approximate surface area is 126 Å². The lowest BCUT2D eigenvalue weighted by molar-refractivity contribution is -0.145. The summed E-state index contributed by atoms with van der Waals surface area (Å²) in [5, 5.41) is 6.59. The van der Waals surface area contributed by atoms with Gasteiger partial charge in [-0.05, 0) is 37.1 Å². The second-order valence-corrected chi connectivity index (χ2v) is 4.82. The number of azide groups is 1. The van der Waals surface area contributed by atoms with E-state index in [9.17, 15) is 4.79 Å². The molecule has 1 rings (SSSR count). The molecule has 0 amide bonds. The Morgan fingerprint density at radius 2 is 2.30 bits per heavy atom. The van der Waals surface area contributed by atoms with E-state index < -0.39 is 6.04 Å². The number of esters is 1. The van der Waals surface area contributed by atoms with Crippen LogP contribution in [0.15, 0.2) is 33.9 Å². The van der Waals surface area contributed by atoms with Gasteiger partial charge in [0.25, 0.3) is 0 Å². The minimum atomic E-state index is -0.531. The van der Waals surface area contributed by atoms with Gasteiger partial charge in [-0.1, -0.05) is 39.2 Å². The van der Waals surface area contributed by atoms with E-state index in [1.807, 2.05) is 24.3 Å². The molecule has 7 heteroatoms. The number of carbonyl (C=O) groups is 1. The van der Waals surface area contributed by atoms with E-state index in [1.54, 1.807) is 6.92 Å². The van der Waals surface area contributed by atoms with E-state index in [2.05, 4.69) is 31.3 Å². The molecule has 1 aromatic rings. The van der Waals surface area contributed by atoms with E-state index in [-0.39, 0.29) is 5.97 Å². The quantitative estimate of drug-likeness (QED) is 0.259. The molecule has 0 bridgehead atoms. The molecule has 1 atom stereocenters. The first-order chi connectivity index (χ1) is 9.70. The summed E-state index contributed by atoms with van der Waals surface area (Å²) in [7, 11) is 0. The Balaban J connectivity index is 2.73. The number of halogens is 1. The Hall–Kier alpha value is -1.56. The van der Waals surface area contributed by atoms with Gasteiger partial charge in [0.1, 0.15) is 6.04 Å². The molecule has 1 aromatic carbocycles. The minimum Gasteiger partial charge on any atom is -0.465 e. The molecule has 0 radical (unpaired) electrons. The van der Waals surface area contributed by atoms with E-state index >= 15 is 0 Å². The molecule has 0 aliphatic heterocycles. The number of rotatable bonds is 8. The zero-order valence-corrected chi connectivity index (χ0v) is 12.8. The van der Waals surface area contributed by atoms with Gasteiger partial charge in [-0.3, -0.25) is 0 Å². The molecule has 0 saturated heterocycles. The third kappa shape index (κ3) is 5.21. The van der Waals surface area contributed by atoms with Gasteiger partial charge in [-0.25, -0.2) is 4.79 Å². The van der Waals surface area contributed by atoms with E-state index in [1.165, 1.54) is 0 Å². The van der Waals surface area contributed by atoms with Crippen LogP contribution in [0.25, 0.3) is 10.4 Å². The lowest BCUT2D eigenvalue weighted by Gasteiger charge is -2.18. The number of ether oxygens (including phenoxy) is 1. The van der Waals surface area contributed by atoms with Crippen molar-refractivity contribution in [2.75, 3.05) is 19.7 Å². The van der Waals surface area contributed by atoms with Crippen LogP contribution >= 0.6 is 15.9 Å². The van der Waals surface area contributed by atoms with Crippen molar-refractivity contribution in [3.8, 4) is 0 Å². The topological polar surface area (TPSA) is 87.1 Å². The number of nitrogens with zero attached hydrogens (tertiary/aromatic N) is 3. The summed E-state index contributed by atoms with van der Waals surface area (Å²) in [6.07, 6.45) is 0.657. The predicted molar refractivity (Wildman–Crippen MR) is 80.1 cm³/mol. The largest absolute Gasteiger partial charge is 0.465 e. The zero-order chi connectivity index (χ0) is 14.8. The highest BCUT2D eigenvalue weighted by molar-refractivity contribution is 9.10. The highest BCUT2D eigenvalue weighted by Gasteiger charge is 2.22. The van der Waals surface area contributed by atoms with Crippen LogP contribution in [0, 0.1) is 0 Å². The fraction of sp³-hybridized carbons (Fsp3) is 0.462. The Kier molecular flexibility index (Phi) is 7.72. The Morgan fingerprint density at radius 1 is 1.55 bits per heavy atom. The third-order valence-corrected chi connectivity index (χ3v) is 3.31. The molecule has 0 aromatic heterocycles. The van der Waals surface area contributed by atoms with Gasteiger partial charge in [-0.2, -0.15) is 0 Å². The second-order valence-electron chi connectivity index (χ2n) is 3.97. The first kappa shape index (κ1) is 16.5. The average molecular weight is 341 g/mol. The molecule has 108 valence electrons. The van der Waals surface area contributed by atoms with Crippen LogP contribution in [0.1, 0.15) is 24.9 Å². The third-order valence-electron chi connectivity index (χ3n) is 2.59. The molecular formula is C13H17BrN4O2. The molecule has 0 spiro atoms. The van der Waals surface area contributed by atoms with Crippen molar-refractivity contribution in [2.45, 2.75) is 19.4 Å². The van der Waals surface area contributed by atoms with Crippen molar-refractivity contribution in [3.05, 3.63) is 44.7 Å². The average Bonchev–Trinajstić information content (AvgIpc) is 2.44. The van der Waals surface area contributed by atoms with Gasteiger partial charge >= 0.3 is 5.97 Å².